The number of likely N-dealkylation sites (tertiary alicyclic amines) is 1. The Morgan fingerprint density at radius 3 is 2.58 bits per heavy atom. The first-order valence-electron chi connectivity index (χ1n) is 11.2. The molecule has 0 aromatic carbocycles. The highest BCUT2D eigenvalue weighted by Crippen LogP contribution is 2.76. The summed E-state index contributed by atoms with van der Waals surface area (Å²) in [5.74, 6) is 4.03. The molecule has 0 radical (unpaired) electrons. The van der Waals surface area contributed by atoms with Gasteiger partial charge in [0.25, 0.3) is 0 Å². The van der Waals surface area contributed by atoms with Gasteiger partial charge in [0, 0.05) is 18.6 Å². The van der Waals surface area contributed by atoms with Crippen LogP contribution in [0.15, 0.2) is 0 Å². The predicted octanol–water partition coefficient (Wildman–Crippen LogP) is 4.18. The molecule has 24 heavy (non-hydrogen) atoms. The Labute approximate surface area is 147 Å². The van der Waals surface area contributed by atoms with Crippen molar-refractivity contribution in [3.8, 4) is 0 Å². The molecule has 7 atom stereocenters. The van der Waals surface area contributed by atoms with Crippen molar-refractivity contribution in [2.45, 2.75) is 89.1 Å². The molecule has 0 spiro atoms. The largest absolute Gasteiger partial charge is 0.327 e. The van der Waals surface area contributed by atoms with Gasteiger partial charge < -0.3 is 5.73 Å². The molecule has 4 bridgehead atoms. The van der Waals surface area contributed by atoms with Crippen molar-refractivity contribution in [1.29, 1.82) is 0 Å². The van der Waals surface area contributed by atoms with Crippen LogP contribution in [0.25, 0.3) is 0 Å². The highest BCUT2D eigenvalue weighted by molar-refractivity contribution is 5.24. The Morgan fingerprint density at radius 1 is 0.875 bits per heavy atom. The molecule has 7 unspecified atom stereocenters. The lowest BCUT2D eigenvalue weighted by Crippen LogP contribution is -2.71. The molecule has 134 valence electrons. The van der Waals surface area contributed by atoms with Gasteiger partial charge in [-0.05, 0) is 98.8 Å². The van der Waals surface area contributed by atoms with Gasteiger partial charge in [-0.25, -0.2) is 0 Å². The number of hydrogen-bond donors (Lipinski definition) is 1. The number of hydrogen-bond acceptors (Lipinski definition) is 2. The first-order valence-corrected chi connectivity index (χ1v) is 11.2. The van der Waals surface area contributed by atoms with Crippen LogP contribution in [0, 0.1) is 34.5 Å². The van der Waals surface area contributed by atoms with Crippen molar-refractivity contribution in [3.05, 3.63) is 0 Å². The van der Waals surface area contributed by atoms with E-state index < -0.39 is 0 Å². The second-order valence-electron chi connectivity index (χ2n) is 10.6. The van der Waals surface area contributed by atoms with Crippen LogP contribution in [0.3, 0.4) is 0 Å². The van der Waals surface area contributed by atoms with Crippen molar-refractivity contribution in [2.75, 3.05) is 13.1 Å². The van der Waals surface area contributed by atoms with E-state index in [4.69, 9.17) is 5.73 Å². The predicted molar refractivity (Wildman–Crippen MR) is 97.6 cm³/mol. The van der Waals surface area contributed by atoms with E-state index in [1.807, 2.05) is 0 Å². The minimum atomic E-state index is 0.525. The zero-order valence-electron chi connectivity index (χ0n) is 15.4. The molecule has 6 rings (SSSR count). The molecule has 6 aliphatic rings. The summed E-state index contributed by atoms with van der Waals surface area (Å²) < 4.78 is 0. The maximum Gasteiger partial charge on any atom is 0.0160 e. The Bertz CT molecular complexity index is 528. The van der Waals surface area contributed by atoms with E-state index in [-0.39, 0.29) is 0 Å². The van der Waals surface area contributed by atoms with E-state index in [9.17, 15) is 0 Å². The van der Waals surface area contributed by atoms with Crippen molar-refractivity contribution in [1.82, 2.24) is 4.90 Å². The van der Waals surface area contributed by atoms with Gasteiger partial charge >= 0.3 is 0 Å². The third-order valence-electron chi connectivity index (χ3n) is 10.1. The summed E-state index contributed by atoms with van der Waals surface area (Å²) in [6.45, 7) is 2.85. The molecule has 2 heteroatoms. The van der Waals surface area contributed by atoms with E-state index in [0.29, 0.717) is 16.9 Å². The molecule has 5 saturated carbocycles. The van der Waals surface area contributed by atoms with Gasteiger partial charge in [-0.2, -0.15) is 0 Å². The summed E-state index contributed by atoms with van der Waals surface area (Å²) in [5.41, 5.74) is 8.13. The topological polar surface area (TPSA) is 29.3 Å². The van der Waals surface area contributed by atoms with Crippen LogP contribution in [0.1, 0.15) is 77.0 Å². The van der Waals surface area contributed by atoms with E-state index >= 15 is 0 Å². The third kappa shape index (κ3) is 1.71. The summed E-state index contributed by atoms with van der Waals surface area (Å²) in [4.78, 5) is 3.03. The van der Waals surface area contributed by atoms with Crippen LogP contribution < -0.4 is 5.73 Å². The second-order valence-corrected chi connectivity index (χ2v) is 10.6. The number of nitrogens with two attached hydrogens (primary N) is 1. The standard InChI is InChI=1S/C22H36N2/c23-19-8-10-21-9-7-18(19)22(21)11-12-24(14-15-5-6-15)20(21)13-16-3-1-2-4-17(16)22/h15-20H,1-14,23H2. The maximum absolute atomic E-state index is 6.78. The van der Waals surface area contributed by atoms with Gasteiger partial charge in [0.05, 0.1) is 0 Å². The minimum Gasteiger partial charge on any atom is -0.327 e. The smallest absolute Gasteiger partial charge is 0.0160 e. The number of fused-ring (bicyclic) bond motifs is 1. The van der Waals surface area contributed by atoms with Gasteiger partial charge in [-0.15, -0.1) is 0 Å². The van der Waals surface area contributed by atoms with Crippen molar-refractivity contribution < 1.29 is 0 Å². The lowest BCUT2D eigenvalue weighted by molar-refractivity contribution is -0.215. The summed E-state index contributed by atoms with van der Waals surface area (Å²) >= 11 is 0. The third-order valence-corrected chi connectivity index (χ3v) is 10.1. The second kappa shape index (κ2) is 5.00. The normalized spacial score (nSPS) is 56.6. The van der Waals surface area contributed by atoms with Gasteiger partial charge in [-0.3, -0.25) is 4.90 Å². The van der Waals surface area contributed by atoms with Crippen molar-refractivity contribution >= 4 is 0 Å². The average molecular weight is 329 g/mol. The van der Waals surface area contributed by atoms with E-state index in [1.165, 1.54) is 77.3 Å². The van der Waals surface area contributed by atoms with E-state index in [1.54, 1.807) is 12.8 Å². The summed E-state index contributed by atoms with van der Waals surface area (Å²) in [6.07, 6.45) is 18.0. The summed E-state index contributed by atoms with van der Waals surface area (Å²) in [7, 11) is 0. The molecule has 0 aromatic rings. The quantitative estimate of drug-likeness (QED) is 0.824. The first kappa shape index (κ1) is 15.0. The van der Waals surface area contributed by atoms with Gasteiger partial charge in [0.1, 0.15) is 0 Å². The molecule has 1 saturated heterocycles. The van der Waals surface area contributed by atoms with Crippen LogP contribution in [0.2, 0.25) is 0 Å². The highest BCUT2D eigenvalue weighted by Gasteiger charge is 2.73. The lowest BCUT2D eigenvalue weighted by Gasteiger charge is -2.71. The van der Waals surface area contributed by atoms with Crippen LogP contribution in [0.4, 0.5) is 0 Å². The first-order chi connectivity index (χ1) is 11.7. The molecule has 6 fully saturated rings. The summed E-state index contributed by atoms with van der Waals surface area (Å²) in [5, 5.41) is 0. The Kier molecular flexibility index (Phi) is 3.13. The average Bonchev–Trinajstić information content (AvgIpc) is 3.36. The van der Waals surface area contributed by atoms with Gasteiger partial charge in [0.15, 0.2) is 0 Å². The molecular formula is C22H36N2. The molecule has 1 aliphatic heterocycles. The fourth-order valence-electron chi connectivity index (χ4n) is 9.27. The molecule has 2 N–H and O–H groups in total. The lowest BCUT2D eigenvalue weighted by atomic mass is 9.38. The van der Waals surface area contributed by atoms with Crippen molar-refractivity contribution in [2.24, 2.45) is 40.2 Å². The SMILES string of the molecule is NC1CCC23CCC1C21CCN(CC2CC2)C3CC2CCCCC21. The molecule has 5 aliphatic carbocycles. The molecule has 1 heterocycles. The monoisotopic (exact) mass is 328 g/mol. The van der Waals surface area contributed by atoms with Crippen molar-refractivity contribution in [3.63, 3.8) is 0 Å². The van der Waals surface area contributed by atoms with Gasteiger partial charge in [-0.1, -0.05) is 19.3 Å². The van der Waals surface area contributed by atoms with Crippen LogP contribution in [-0.2, 0) is 0 Å². The molecular weight excluding hydrogens is 292 g/mol. The maximum atomic E-state index is 6.78. The van der Waals surface area contributed by atoms with Crippen LogP contribution in [0.5, 0.6) is 0 Å². The minimum absolute atomic E-state index is 0.525. The molecule has 2 nitrogen and oxygen atoms in total. The molecule has 0 amide bonds. The Balaban J connectivity index is 1.45. The molecule has 0 aromatic heterocycles. The fourth-order valence-corrected chi connectivity index (χ4v) is 9.27. The van der Waals surface area contributed by atoms with Gasteiger partial charge in [0.2, 0.25) is 0 Å². The number of rotatable bonds is 2. The Morgan fingerprint density at radius 2 is 1.71 bits per heavy atom. The number of nitrogens with zero attached hydrogens (tertiary/aromatic N) is 1. The van der Waals surface area contributed by atoms with Crippen LogP contribution in [-0.4, -0.2) is 30.1 Å². The fraction of sp³-hybridized carbons (Fsp3) is 1.00. The Hall–Kier alpha value is -0.0800. The van der Waals surface area contributed by atoms with Crippen LogP contribution >= 0.6 is 0 Å². The zero-order chi connectivity index (χ0) is 15.9. The van der Waals surface area contributed by atoms with E-state index in [0.717, 1.165) is 29.7 Å². The zero-order valence-corrected chi connectivity index (χ0v) is 15.4. The summed E-state index contributed by atoms with van der Waals surface area (Å²) in [6, 6.07) is 1.46. The van der Waals surface area contributed by atoms with E-state index in [2.05, 4.69) is 4.90 Å². The highest BCUT2D eigenvalue weighted by atomic mass is 15.2. The number of piperidine rings is 1.